The van der Waals surface area contributed by atoms with E-state index in [4.69, 9.17) is 4.74 Å². The summed E-state index contributed by atoms with van der Waals surface area (Å²) < 4.78 is 19.2. The van der Waals surface area contributed by atoms with Gasteiger partial charge in [0, 0.05) is 12.6 Å². The monoisotopic (exact) mass is 223 g/mol. The van der Waals surface area contributed by atoms with Crippen molar-refractivity contribution in [3.8, 4) is 0 Å². The first-order chi connectivity index (χ1) is 7.48. The predicted octanol–water partition coefficient (Wildman–Crippen LogP) is 2.65. The average molecular weight is 223 g/mol. The van der Waals surface area contributed by atoms with Crippen LogP contribution >= 0.6 is 0 Å². The topological polar surface area (TPSA) is 21.3 Å². The molecule has 0 radical (unpaired) electrons. The molecule has 3 heteroatoms. The molecule has 2 unspecified atom stereocenters. The third-order valence-corrected chi connectivity index (χ3v) is 2.93. The molecule has 0 aromatic heterocycles. The van der Waals surface area contributed by atoms with E-state index in [9.17, 15) is 4.39 Å². The molecule has 1 aliphatic heterocycles. The van der Waals surface area contributed by atoms with Gasteiger partial charge in [-0.25, -0.2) is 4.39 Å². The Hall–Kier alpha value is -0.930. The molecule has 2 rings (SSSR count). The van der Waals surface area contributed by atoms with Crippen molar-refractivity contribution in [2.75, 3.05) is 6.54 Å². The summed E-state index contributed by atoms with van der Waals surface area (Å²) in [5, 5.41) is 3.39. The largest absolute Gasteiger partial charge is 0.365 e. The van der Waals surface area contributed by atoms with Gasteiger partial charge in [-0.1, -0.05) is 12.1 Å². The maximum absolute atomic E-state index is 13.2. The Kier molecular flexibility index (Phi) is 3.00. The number of hydrogen-bond acceptors (Lipinski definition) is 2. The van der Waals surface area contributed by atoms with Crippen LogP contribution in [-0.2, 0) is 4.74 Å². The Morgan fingerprint density at radius 1 is 1.44 bits per heavy atom. The third kappa shape index (κ3) is 2.42. The minimum Gasteiger partial charge on any atom is -0.365 e. The second-order valence-electron chi connectivity index (χ2n) is 5.02. The van der Waals surface area contributed by atoms with Crippen LogP contribution in [0.2, 0.25) is 0 Å². The number of rotatable bonds is 1. The quantitative estimate of drug-likeness (QED) is 0.790. The fourth-order valence-corrected chi connectivity index (χ4v) is 2.04. The van der Waals surface area contributed by atoms with E-state index < -0.39 is 0 Å². The second-order valence-corrected chi connectivity index (χ2v) is 5.02. The van der Waals surface area contributed by atoms with Gasteiger partial charge in [-0.05, 0) is 38.5 Å². The van der Waals surface area contributed by atoms with Crippen LogP contribution in [0.4, 0.5) is 4.39 Å². The summed E-state index contributed by atoms with van der Waals surface area (Å²) in [5.74, 6) is -0.211. The molecule has 1 aromatic carbocycles. The lowest BCUT2D eigenvalue weighted by molar-refractivity contribution is -0.115. The maximum Gasteiger partial charge on any atom is 0.123 e. The molecule has 1 saturated heterocycles. The molecule has 0 spiro atoms. The smallest absolute Gasteiger partial charge is 0.123 e. The van der Waals surface area contributed by atoms with Gasteiger partial charge in [0.2, 0.25) is 0 Å². The highest BCUT2D eigenvalue weighted by atomic mass is 19.1. The maximum atomic E-state index is 13.2. The van der Waals surface area contributed by atoms with Crippen LogP contribution < -0.4 is 5.32 Å². The van der Waals surface area contributed by atoms with E-state index in [0.29, 0.717) is 0 Å². The number of hydrogen-bond donors (Lipinski definition) is 1. The minimum absolute atomic E-state index is 0.0838. The van der Waals surface area contributed by atoms with Crippen molar-refractivity contribution in [2.24, 2.45) is 0 Å². The van der Waals surface area contributed by atoms with Crippen LogP contribution in [-0.4, -0.2) is 18.2 Å². The van der Waals surface area contributed by atoms with Gasteiger partial charge in [0.1, 0.15) is 5.82 Å². The molecule has 88 valence electrons. The summed E-state index contributed by atoms with van der Waals surface area (Å²) in [5.41, 5.74) is 0.691. The van der Waals surface area contributed by atoms with Crippen molar-refractivity contribution in [1.82, 2.24) is 5.32 Å². The van der Waals surface area contributed by atoms with Crippen molar-refractivity contribution in [1.29, 1.82) is 0 Å². The molecular formula is C13H18FNO. The van der Waals surface area contributed by atoms with Gasteiger partial charge in [0.05, 0.1) is 11.7 Å². The van der Waals surface area contributed by atoms with E-state index in [1.165, 1.54) is 6.07 Å². The van der Waals surface area contributed by atoms with Crippen molar-refractivity contribution >= 4 is 0 Å². The third-order valence-electron chi connectivity index (χ3n) is 2.93. The number of nitrogens with one attached hydrogen (secondary N) is 1. The zero-order valence-electron chi connectivity index (χ0n) is 9.96. The van der Waals surface area contributed by atoms with E-state index in [2.05, 4.69) is 12.2 Å². The Morgan fingerprint density at radius 2 is 2.19 bits per heavy atom. The minimum atomic E-state index is -0.211. The normalized spacial score (nSPS) is 29.0. The number of benzene rings is 1. The Balaban J connectivity index is 2.25. The van der Waals surface area contributed by atoms with Crippen LogP contribution in [0.25, 0.3) is 0 Å². The Bertz CT molecular complexity index is 378. The lowest BCUT2D eigenvalue weighted by Crippen LogP contribution is -2.51. The summed E-state index contributed by atoms with van der Waals surface area (Å²) in [6.07, 6.45) is -0.0838. The van der Waals surface area contributed by atoms with E-state index in [0.717, 1.165) is 12.1 Å². The molecule has 1 aromatic rings. The second kappa shape index (κ2) is 4.15. The van der Waals surface area contributed by atoms with Crippen LogP contribution in [0.15, 0.2) is 24.3 Å². The lowest BCUT2D eigenvalue weighted by Gasteiger charge is -2.41. The van der Waals surface area contributed by atoms with Gasteiger partial charge in [0.25, 0.3) is 0 Å². The highest BCUT2D eigenvalue weighted by molar-refractivity contribution is 5.21. The van der Waals surface area contributed by atoms with E-state index in [1.807, 2.05) is 19.9 Å². The van der Waals surface area contributed by atoms with Crippen LogP contribution in [0.5, 0.6) is 0 Å². The van der Waals surface area contributed by atoms with Gasteiger partial charge in [-0.2, -0.15) is 0 Å². The molecular weight excluding hydrogens is 205 g/mol. The summed E-state index contributed by atoms with van der Waals surface area (Å²) in [4.78, 5) is 0. The molecule has 0 aliphatic carbocycles. The van der Waals surface area contributed by atoms with E-state index in [-0.39, 0.29) is 23.6 Å². The van der Waals surface area contributed by atoms with Gasteiger partial charge in [0.15, 0.2) is 0 Å². The first-order valence-corrected chi connectivity index (χ1v) is 5.65. The summed E-state index contributed by atoms with van der Waals surface area (Å²) >= 11 is 0. The van der Waals surface area contributed by atoms with Crippen LogP contribution in [0.3, 0.4) is 0 Å². The number of ether oxygens (including phenoxy) is 1. The summed E-state index contributed by atoms with van der Waals surface area (Å²) in [6.45, 7) is 6.96. The number of morpholine rings is 1. The first kappa shape index (κ1) is 11.6. The number of halogens is 1. The van der Waals surface area contributed by atoms with Gasteiger partial charge in [-0.3, -0.25) is 0 Å². The van der Waals surface area contributed by atoms with Gasteiger partial charge < -0.3 is 10.1 Å². The van der Waals surface area contributed by atoms with Crippen LogP contribution in [0.1, 0.15) is 32.4 Å². The van der Waals surface area contributed by atoms with Crippen molar-refractivity contribution in [3.05, 3.63) is 35.6 Å². The Morgan fingerprint density at radius 3 is 2.88 bits per heavy atom. The molecule has 2 atom stereocenters. The van der Waals surface area contributed by atoms with Crippen molar-refractivity contribution in [2.45, 2.75) is 38.5 Å². The molecule has 0 saturated carbocycles. The molecule has 16 heavy (non-hydrogen) atoms. The molecule has 0 bridgehead atoms. The van der Waals surface area contributed by atoms with Crippen molar-refractivity contribution in [3.63, 3.8) is 0 Å². The van der Waals surface area contributed by atoms with Crippen molar-refractivity contribution < 1.29 is 9.13 Å². The zero-order chi connectivity index (χ0) is 11.8. The summed E-state index contributed by atoms with van der Waals surface area (Å²) in [7, 11) is 0. The zero-order valence-corrected chi connectivity index (χ0v) is 9.96. The SMILES string of the molecule is CC1NCC(C)(C)OC1c1cccc(F)c1. The fraction of sp³-hybridized carbons (Fsp3) is 0.538. The van der Waals surface area contributed by atoms with E-state index >= 15 is 0 Å². The highest BCUT2D eigenvalue weighted by Gasteiger charge is 2.33. The molecule has 1 heterocycles. The van der Waals surface area contributed by atoms with Gasteiger partial charge >= 0.3 is 0 Å². The molecule has 1 aliphatic rings. The van der Waals surface area contributed by atoms with Gasteiger partial charge in [-0.15, -0.1) is 0 Å². The fourth-order valence-electron chi connectivity index (χ4n) is 2.04. The molecule has 1 N–H and O–H groups in total. The molecule has 1 fully saturated rings. The standard InChI is InChI=1S/C13H18FNO/c1-9-12(16-13(2,3)8-15-9)10-5-4-6-11(14)7-10/h4-7,9,12,15H,8H2,1-3H3. The molecule has 0 amide bonds. The first-order valence-electron chi connectivity index (χ1n) is 5.65. The summed E-state index contributed by atoms with van der Waals surface area (Å²) in [6, 6.07) is 6.84. The predicted molar refractivity (Wildman–Crippen MR) is 61.8 cm³/mol. The lowest BCUT2D eigenvalue weighted by atomic mass is 9.97. The average Bonchev–Trinajstić information content (AvgIpc) is 2.22. The van der Waals surface area contributed by atoms with Crippen LogP contribution in [0, 0.1) is 5.82 Å². The Labute approximate surface area is 95.8 Å². The van der Waals surface area contributed by atoms with E-state index in [1.54, 1.807) is 12.1 Å². The highest BCUT2D eigenvalue weighted by Crippen LogP contribution is 2.30. The molecule has 2 nitrogen and oxygen atoms in total.